The summed E-state index contributed by atoms with van der Waals surface area (Å²) < 4.78 is 70.4. The third-order valence-corrected chi connectivity index (χ3v) is 11.6. The smallest absolute Gasteiger partial charge is 0.418 e. The molecule has 1 aromatic carbocycles. The van der Waals surface area contributed by atoms with Crippen molar-refractivity contribution >= 4 is 29.0 Å². The summed E-state index contributed by atoms with van der Waals surface area (Å²) in [5.41, 5.74) is 8.09. The number of fused-ring (bicyclic) bond motifs is 3. The lowest BCUT2D eigenvalue weighted by Crippen LogP contribution is -2.51. The van der Waals surface area contributed by atoms with Crippen LogP contribution in [0.1, 0.15) is 82.3 Å². The molecular weight excluding hydrogens is 692 g/mol. The third-order valence-electron chi connectivity index (χ3n) is 11.3. The first-order valence-corrected chi connectivity index (χ1v) is 18.0. The van der Waals surface area contributed by atoms with Gasteiger partial charge in [-0.3, -0.25) is 18.8 Å². The first-order chi connectivity index (χ1) is 24.4. The van der Waals surface area contributed by atoms with Gasteiger partial charge in [0.25, 0.3) is 5.91 Å². The van der Waals surface area contributed by atoms with Crippen LogP contribution < -0.4 is 15.4 Å². The number of benzene rings is 1. The quantitative estimate of drug-likeness (QED) is 0.248. The molecule has 11 nitrogen and oxygen atoms in total. The summed E-state index contributed by atoms with van der Waals surface area (Å²) >= 11 is 6.11. The van der Waals surface area contributed by atoms with Crippen molar-refractivity contribution in [2.75, 3.05) is 56.6 Å². The maximum Gasteiger partial charge on any atom is 0.418 e. The monoisotopic (exact) mass is 732 g/mol. The molecule has 7 heterocycles. The number of carbonyl (C=O) groups is 1. The molecule has 1 atom stereocenters. The summed E-state index contributed by atoms with van der Waals surface area (Å²) in [6.07, 6.45) is -0.753. The van der Waals surface area contributed by atoms with Crippen LogP contribution in [0, 0.1) is 12.8 Å². The van der Waals surface area contributed by atoms with Crippen molar-refractivity contribution in [2.24, 2.45) is 5.92 Å². The lowest BCUT2D eigenvalue weighted by Gasteiger charge is -2.37. The lowest BCUT2D eigenvalue weighted by atomic mass is 9.94. The van der Waals surface area contributed by atoms with Crippen LogP contribution in [-0.2, 0) is 37.0 Å². The standard InChI is InChI=1S/C35H41ClF4N8O3/c1-20-27-17-45(7-4-10-48(27)44-30(20)32(49)46-15-21(14-37)16-46)31-24-18-50-28(23-11-22(41)12-25(36)29(23)35(38,39)40)13-26(24)42-33(43-31)51-19-34-5-2-8-47(34)9-3-6-34/h11-12,21,28H,2-10,13-19,41H2,1H3. The topological polar surface area (TPSA) is 115 Å². The number of hydrogen-bond acceptors (Lipinski definition) is 9. The minimum atomic E-state index is -4.72. The summed E-state index contributed by atoms with van der Waals surface area (Å²) in [5.74, 6) is 0.248. The maximum atomic E-state index is 14.3. The molecular formula is C35H41ClF4N8O3. The van der Waals surface area contributed by atoms with Gasteiger partial charge in [-0.05, 0) is 69.8 Å². The van der Waals surface area contributed by atoms with Gasteiger partial charge in [-0.1, -0.05) is 11.6 Å². The fourth-order valence-electron chi connectivity index (χ4n) is 8.63. The van der Waals surface area contributed by atoms with Crippen molar-refractivity contribution in [3.63, 3.8) is 0 Å². The highest BCUT2D eigenvalue weighted by Crippen LogP contribution is 2.45. The number of aryl methyl sites for hydroxylation is 1. The summed E-state index contributed by atoms with van der Waals surface area (Å²) in [6.45, 7) is 6.19. The van der Waals surface area contributed by atoms with E-state index in [-0.39, 0.29) is 47.7 Å². The Morgan fingerprint density at radius 1 is 1.12 bits per heavy atom. The van der Waals surface area contributed by atoms with E-state index in [1.165, 1.54) is 6.07 Å². The second-order valence-electron chi connectivity index (χ2n) is 14.6. The van der Waals surface area contributed by atoms with Gasteiger partial charge in [0, 0.05) is 55.3 Å². The van der Waals surface area contributed by atoms with Crippen molar-refractivity contribution in [3.05, 3.63) is 56.5 Å². The van der Waals surface area contributed by atoms with Gasteiger partial charge in [-0.2, -0.15) is 28.2 Å². The minimum Gasteiger partial charge on any atom is -0.461 e. The van der Waals surface area contributed by atoms with E-state index in [1.54, 1.807) is 4.90 Å². The fraction of sp³-hybridized carbons (Fsp3) is 0.600. The number of nitrogens with zero attached hydrogens (tertiary/aromatic N) is 7. The molecule has 5 aliphatic heterocycles. The number of nitrogen functional groups attached to an aromatic ring is 1. The number of anilines is 2. The van der Waals surface area contributed by atoms with E-state index in [0.29, 0.717) is 68.5 Å². The Morgan fingerprint density at radius 3 is 2.61 bits per heavy atom. The summed E-state index contributed by atoms with van der Waals surface area (Å²) in [4.78, 5) is 29.3. The molecule has 0 radical (unpaired) electrons. The molecule has 2 N–H and O–H groups in total. The van der Waals surface area contributed by atoms with E-state index in [9.17, 15) is 22.4 Å². The molecule has 0 saturated carbocycles. The zero-order valence-electron chi connectivity index (χ0n) is 28.4. The van der Waals surface area contributed by atoms with Gasteiger partial charge in [0.2, 0.25) is 0 Å². The lowest BCUT2D eigenvalue weighted by molar-refractivity contribution is -0.139. The average molecular weight is 733 g/mol. The number of carbonyl (C=O) groups excluding carboxylic acids is 1. The van der Waals surface area contributed by atoms with Crippen molar-refractivity contribution in [3.8, 4) is 6.01 Å². The van der Waals surface area contributed by atoms with Crippen LogP contribution in [0.5, 0.6) is 6.01 Å². The number of nitrogens with two attached hydrogens (primary N) is 1. The number of alkyl halides is 4. The van der Waals surface area contributed by atoms with Gasteiger partial charge < -0.3 is 25.0 Å². The highest BCUT2D eigenvalue weighted by molar-refractivity contribution is 6.31. The molecule has 274 valence electrons. The number of aromatic nitrogens is 4. The van der Waals surface area contributed by atoms with E-state index in [0.717, 1.165) is 56.1 Å². The molecule has 1 amide bonds. The highest BCUT2D eigenvalue weighted by atomic mass is 35.5. The number of hydrogen-bond donors (Lipinski definition) is 1. The molecule has 5 aliphatic rings. The second-order valence-corrected chi connectivity index (χ2v) is 15.0. The van der Waals surface area contributed by atoms with Crippen molar-refractivity contribution in [2.45, 2.75) is 83.0 Å². The molecule has 3 saturated heterocycles. The van der Waals surface area contributed by atoms with Crippen LogP contribution in [0.4, 0.5) is 29.1 Å². The van der Waals surface area contributed by atoms with E-state index in [2.05, 4.69) is 9.80 Å². The largest absolute Gasteiger partial charge is 0.461 e. The molecule has 3 aromatic rings. The number of halogens is 5. The van der Waals surface area contributed by atoms with Gasteiger partial charge in [0.05, 0.1) is 53.4 Å². The highest BCUT2D eigenvalue weighted by Gasteiger charge is 2.45. The van der Waals surface area contributed by atoms with E-state index in [4.69, 9.17) is 41.9 Å². The second kappa shape index (κ2) is 13.1. The molecule has 0 aliphatic carbocycles. The van der Waals surface area contributed by atoms with Crippen LogP contribution in [-0.4, -0.2) is 87.0 Å². The van der Waals surface area contributed by atoms with Crippen LogP contribution in [0.3, 0.4) is 0 Å². The fourth-order valence-corrected chi connectivity index (χ4v) is 8.97. The number of ether oxygens (including phenoxy) is 2. The van der Waals surface area contributed by atoms with Gasteiger partial charge in [-0.25, -0.2) is 0 Å². The first kappa shape index (κ1) is 34.4. The molecule has 3 fully saturated rings. The predicted molar refractivity (Wildman–Crippen MR) is 180 cm³/mol. The third kappa shape index (κ3) is 6.18. The number of likely N-dealkylation sites (tertiary alicyclic amines) is 1. The average Bonchev–Trinajstić information content (AvgIpc) is 3.69. The van der Waals surface area contributed by atoms with Crippen LogP contribution in [0.15, 0.2) is 12.1 Å². The zero-order chi connectivity index (χ0) is 35.7. The van der Waals surface area contributed by atoms with Crippen LogP contribution in [0.2, 0.25) is 5.02 Å². The summed E-state index contributed by atoms with van der Waals surface area (Å²) in [7, 11) is 0. The Labute approximate surface area is 298 Å². The van der Waals surface area contributed by atoms with Crippen LogP contribution in [0.25, 0.3) is 0 Å². The van der Waals surface area contributed by atoms with Crippen molar-refractivity contribution in [1.82, 2.24) is 29.5 Å². The normalized spacial score (nSPS) is 22.0. The van der Waals surface area contributed by atoms with Crippen molar-refractivity contribution < 1.29 is 31.8 Å². The van der Waals surface area contributed by atoms with E-state index >= 15 is 0 Å². The van der Waals surface area contributed by atoms with E-state index in [1.807, 2.05) is 11.6 Å². The molecule has 2 aromatic heterocycles. The van der Waals surface area contributed by atoms with Gasteiger partial charge >= 0.3 is 12.2 Å². The Bertz CT molecular complexity index is 1840. The summed E-state index contributed by atoms with van der Waals surface area (Å²) in [6, 6.07) is 2.54. The van der Waals surface area contributed by atoms with Gasteiger partial charge in [0.15, 0.2) is 5.69 Å². The molecule has 8 rings (SSSR count). The molecule has 0 spiro atoms. The molecule has 0 bridgehead atoms. The Kier molecular flexibility index (Phi) is 8.81. The number of rotatable bonds is 7. The zero-order valence-corrected chi connectivity index (χ0v) is 29.2. The molecule has 51 heavy (non-hydrogen) atoms. The predicted octanol–water partition coefficient (Wildman–Crippen LogP) is 5.51. The summed E-state index contributed by atoms with van der Waals surface area (Å²) in [5, 5.41) is 4.21. The Hall–Kier alpha value is -3.69. The van der Waals surface area contributed by atoms with Crippen molar-refractivity contribution in [1.29, 1.82) is 0 Å². The molecule has 16 heteroatoms. The first-order valence-electron chi connectivity index (χ1n) is 17.7. The van der Waals surface area contributed by atoms with E-state index < -0.39 is 29.5 Å². The minimum absolute atomic E-state index is 0.0283. The molecule has 1 unspecified atom stereocenters. The van der Waals surface area contributed by atoms with Gasteiger partial charge in [-0.15, -0.1) is 0 Å². The SMILES string of the molecule is Cc1c(C(=O)N2CC(CF)C2)nn2c1CN(c1nc(OCC34CCCN3CCC4)nc3c1COC(c1cc(N)cc(Cl)c1C(F)(F)F)C3)CCC2. The van der Waals surface area contributed by atoms with Crippen LogP contribution >= 0.6 is 11.6 Å². The van der Waals surface area contributed by atoms with Gasteiger partial charge in [0.1, 0.15) is 12.4 Å². The Balaban J connectivity index is 1.14. The Morgan fingerprint density at radius 2 is 1.88 bits per heavy atom. The maximum absolute atomic E-state index is 14.3. The number of amides is 1.